The van der Waals surface area contributed by atoms with Crippen LogP contribution in [0.4, 0.5) is 0 Å². The zero-order valence-corrected chi connectivity index (χ0v) is 11.0. The second-order valence-corrected chi connectivity index (χ2v) is 4.42. The van der Waals surface area contributed by atoms with Crippen LogP contribution >= 0.6 is 0 Å². The van der Waals surface area contributed by atoms with Crippen LogP contribution in [0.3, 0.4) is 0 Å². The van der Waals surface area contributed by atoms with Crippen molar-refractivity contribution in [3.8, 4) is 29.2 Å². The van der Waals surface area contributed by atoms with Gasteiger partial charge in [0.15, 0.2) is 0 Å². The summed E-state index contributed by atoms with van der Waals surface area (Å²) in [6.45, 7) is 1.90. The molecule has 0 saturated carbocycles. The fourth-order valence-corrected chi connectivity index (χ4v) is 1.94. The first-order valence-corrected chi connectivity index (χ1v) is 6.02. The van der Waals surface area contributed by atoms with E-state index in [2.05, 4.69) is 21.2 Å². The third kappa shape index (κ3) is 2.06. The average Bonchev–Trinajstić information content (AvgIpc) is 3.05. The van der Waals surface area contributed by atoms with Gasteiger partial charge in [0.25, 0.3) is 5.89 Å². The number of nitrogens with zero attached hydrogens (tertiary/aromatic N) is 5. The van der Waals surface area contributed by atoms with Gasteiger partial charge < -0.3 is 9.09 Å². The molecule has 3 heterocycles. The molecular formula is C14H11N5O. The van der Waals surface area contributed by atoms with Gasteiger partial charge in [0, 0.05) is 18.9 Å². The molecule has 3 aromatic heterocycles. The van der Waals surface area contributed by atoms with Crippen LogP contribution in [0, 0.1) is 18.3 Å². The second-order valence-electron chi connectivity index (χ2n) is 4.42. The van der Waals surface area contributed by atoms with E-state index < -0.39 is 0 Å². The first-order valence-electron chi connectivity index (χ1n) is 6.02. The minimum atomic E-state index is 0.368. The first kappa shape index (κ1) is 12.1. The highest BCUT2D eigenvalue weighted by molar-refractivity contribution is 5.57. The van der Waals surface area contributed by atoms with Crippen molar-refractivity contribution >= 4 is 0 Å². The van der Waals surface area contributed by atoms with E-state index >= 15 is 0 Å². The normalized spacial score (nSPS) is 10.4. The van der Waals surface area contributed by atoms with Crippen LogP contribution < -0.4 is 0 Å². The molecular weight excluding hydrogens is 254 g/mol. The van der Waals surface area contributed by atoms with Crippen LogP contribution in [0.1, 0.15) is 11.3 Å². The van der Waals surface area contributed by atoms with Crippen molar-refractivity contribution in [2.24, 2.45) is 7.05 Å². The van der Waals surface area contributed by atoms with Crippen molar-refractivity contribution in [3.05, 3.63) is 41.7 Å². The highest BCUT2D eigenvalue weighted by atomic mass is 16.5. The molecule has 0 aliphatic rings. The number of nitriles is 1. The van der Waals surface area contributed by atoms with E-state index in [9.17, 15) is 0 Å². The predicted molar refractivity (Wildman–Crippen MR) is 71.4 cm³/mol. The molecule has 0 bridgehead atoms. The highest BCUT2D eigenvalue weighted by Gasteiger charge is 2.15. The molecule has 0 N–H and O–H groups in total. The first-order chi connectivity index (χ1) is 9.67. The van der Waals surface area contributed by atoms with Crippen LogP contribution in [0.25, 0.3) is 23.1 Å². The summed E-state index contributed by atoms with van der Waals surface area (Å²) in [7, 11) is 1.82. The zero-order chi connectivity index (χ0) is 14.1. The van der Waals surface area contributed by atoms with Crippen LogP contribution in [-0.4, -0.2) is 19.7 Å². The number of hydrogen-bond donors (Lipinski definition) is 0. The molecule has 0 aliphatic heterocycles. The summed E-state index contributed by atoms with van der Waals surface area (Å²) in [6, 6.07) is 9.41. The fourth-order valence-electron chi connectivity index (χ4n) is 1.94. The largest absolute Gasteiger partial charge is 0.345 e. The summed E-state index contributed by atoms with van der Waals surface area (Å²) in [5, 5.41) is 12.8. The molecule has 0 aliphatic carbocycles. The summed E-state index contributed by atoms with van der Waals surface area (Å²) in [4.78, 5) is 8.68. The number of hydrogen-bond acceptors (Lipinski definition) is 5. The molecule has 0 saturated heterocycles. The summed E-state index contributed by atoms with van der Waals surface area (Å²) in [5.74, 6) is 0.802. The topological polar surface area (TPSA) is 80.5 Å². The molecule has 0 unspecified atom stereocenters. The Balaban J connectivity index is 2.02. The average molecular weight is 265 g/mol. The Labute approximate surface area is 115 Å². The molecule has 6 nitrogen and oxygen atoms in total. The Morgan fingerprint density at radius 3 is 2.85 bits per heavy atom. The smallest absolute Gasteiger partial charge is 0.274 e. The lowest BCUT2D eigenvalue weighted by Gasteiger charge is -1.95. The molecule has 0 fully saturated rings. The summed E-state index contributed by atoms with van der Waals surface area (Å²) in [6.07, 6.45) is 1.71. The predicted octanol–water partition coefficient (Wildman–Crippen LogP) is 2.32. The standard InChI is InChI=1S/C14H11N5O/c1-9-4-3-5-11(16-9)13-17-14(20-18-13)12-6-10(7-15)8-19(12)2/h3-6,8H,1-2H3. The Kier molecular flexibility index (Phi) is 2.80. The van der Waals surface area contributed by atoms with E-state index in [0.717, 1.165) is 5.69 Å². The fraction of sp³-hybridized carbons (Fsp3) is 0.143. The highest BCUT2D eigenvalue weighted by Crippen LogP contribution is 2.22. The molecule has 0 amide bonds. The van der Waals surface area contributed by atoms with E-state index in [4.69, 9.17) is 9.78 Å². The van der Waals surface area contributed by atoms with Crippen LogP contribution in [0.2, 0.25) is 0 Å². The van der Waals surface area contributed by atoms with Gasteiger partial charge in [0.1, 0.15) is 17.5 Å². The molecule has 6 heteroatoms. The SMILES string of the molecule is Cc1cccc(-c2noc(-c3cc(C#N)cn3C)n2)n1. The lowest BCUT2D eigenvalue weighted by molar-refractivity contribution is 0.429. The molecule has 0 radical (unpaired) electrons. The van der Waals surface area contributed by atoms with Gasteiger partial charge in [-0.25, -0.2) is 4.98 Å². The van der Waals surface area contributed by atoms with Crippen LogP contribution in [-0.2, 0) is 7.05 Å². The maximum absolute atomic E-state index is 8.90. The monoisotopic (exact) mass is 265 g/mol. The van der Waals surface area contributed by atoms with Crippen molar-refractivity contribution in [2.75, 3.05) is 0 Å². The number of rotatable bonds is 2. The van der Waals surface area contributed by atoms with E-state index in [0.29, 0.717) is 28.7 Å². The van der Waals surface area contributed by atoms with Crippen molar-refractivity contribution in [2.45, 2.75) is 6.92 Å². The van der Waals surface area contributed by atoms with Gasteiger partial charge >= 0.3 is 0 Å². The summed E-state index contributed by atoms with van der Waals surface area (Å²) in [5.41, 5.74) is 2.80. The molecule has 0 aromatic carbocycles. The third-order valence-corrected chi connectivity index (χ3v) is 2.90. The Morgan fingerprint density at radius 2 is 2.15 bits per heavy atom. The lowest BCUT2D eigenvalue weighted by atomic mass is 10.3. The quantitative estimate of drug-likeness (QED) is 0.710. The number of aryl methyl sites for hydroxylation is 2. The Hall–Kier alpha value is -2.94. The Morgan fingerprint density at radius 1 is 1.30 bits per heavy atom. The molecule has 3 rings (SSSR count). The van der Waals surface area contributed by atoms with Crippen LogP contribution in [0.15, 0.2) is 35.0 Å². The van der Waals surface area contributed by atoms with Gasteiger partial charge in [0.2, 0.25) is 5.82 Å². The number of pyridine rings is 1. The van der Waals surface area contributed by atoms with Gasteiger partial charge in [-0.15, -0.1) is 0 Å². The maximum atomic E-state index is 8.90. The third-order valence-electron chi connectivity index (χ3n) is 2.90. The van der Waals surface area contributed by atoms with Gasteiger partial charge in [-0.3, -0.25) is 0 Å². The van der Waals surface area contributed by atoms with Crippen LogP contribution in [0.5, 0.6) is 0 Å². The van der Waals surface area contributed by atoms with E-state index in [1.807, 2.05) is 32.2 Å². The van der Waals surface area contributed by atoms with E-state index in [1.54, 1.807) is 16.8 Å². The van der Waals surface area contributed by atoms with Gasteiger partial charge in [-0.2, -0.15) is 10.2 Å². The maximum Gasteiger partial charge on any atom is 0.274 e. The molecule has 0 atom stereocenters. The van der Waals surface area contributed by atoms with Crippen molar-refractivity contribution < 1.29 is 4.52 Å². The van der Waals surface area contributed by atoms with E-state index in [-0.39, 0.29) is 0 Å². The van der Waals surface area contributed by atoms with Crippen molar-refractivity contribution in [1.29, 1.82) is 5.26 Å². The summed E-state index contributed by atoms with van der Waals surface area (Å²) < 4.78 is 7.03. The van der Waals surface area contributed by atoms with Gasteiger partial charge in [0.05, 0.1) is 5.56 Å². The van der Waals surface area contributed by atoms with E-state index in [1.165, 1.54) is 0 Å². The van der Waals surface area contributed by atoms with Crippen molar-refractivity contribution in [1.82, 2.24) is 19.7 Å². The van der Waals surface area contributed by atoms with Gasteiger partial charge in [-0.1, -0.05) is 11.2 Å². The minimum Gasteiger partial charge on any atom is -0.345 e. The lowest BCUT2D eigenvalue weighted by Crippen LogP contribution is -1.90. The minimum absolute atomic E-state index is 0.368. The molecule has 0 spiro atoms. The molecule has 98 valence electrons. The second kappa shape index (κ2) is 4.63. The molecule has 3 aromatic rings. The summed E-state index contributed by atoms with van der Waals surface area (Å²) >= 11 is 0. The van der Waals surface area contributed by atoms with Gasteiger partial charge in [-0.05, 0) is 25.1 Å². The Bertz CT molecular complexity index is 809. The zero-order valence-electron chi connectivity index (χ0n) is 11.0. The number of aromatic nitrogens is 4. The van der Waals surface area contributed by atoms with Crippen molar-refractivity contribution in [3.63, 3.8) is 0 Å². The molecule has 20 heavy (non-hydrogen) atoms.